The van der Waals surface area contributed by atoms with Crippen molar-refractivity contribution in [3.05, 3.63) is 54.2 Å². The average molecular weight is 614 g/mol. The van der Waals surface area contributed by atoms with Crippen LogP contribution in [-0.4, -0.2) is 59.1 Å². The van der Waals surface area contributed by atoms with Gasteiger partial charge in [-0.3, -0.25) is 4.72 Å². The third kappa shape index (κ3) is 5.11. The van der Waals surface area contributed by atoms with Crippen molar-refractivity contribution in [2.24, 2.45) is 10.2 Å². The summed E-state index contributed by atoms with van der Waals surface area (Å²) < 4.78 is 55.3. The number of phenols is 1. The molecule has 0 aliphatic carbocycles. The fourth-order valence-corrected chi connectivity index (χ4v) is 6.61. The molecule has 0 fully saturated rings. The summed E-state index contributed by atoms with van der Waals surface area (Å²) in [6.45, 7) is 3.62. The molecule has 210 valence electrons. The minimum Gasteiger partial charge on any atom is -0.506 e. The number of aromatic hydroxyl groups is 1. The number of azo groups is 1. The van der Waals surface area contributed by atoms with Crippen LogP contribution in [0.3, 0.4) is 0 Å². The summed E-state index contributed by atoms with van der Waals surface area (Å²) in [5.74, 6) is -0.583. The Hall–Kier alpha value is -4.43. The fraction of sp³-hybridized carbons (Fsp3) is 0.167. The Labute approximate surface area is 238 Å². The first-order chi connectivity index (χ1) is 19.5. The predicted molar refractivity (Wildman–Crippen MR) is 151 cm³/mol. The van der Waals surface area contributed by atoms with Crippen molar-refractivity contribution in [2.75, 3.05) is 17.8 Å². The number of fused-ring (bicyclic) bond motifs is 4. The van der Waals surface area contributed by atoms with Crippen LogP contribution in [0.2, 0.25) is 0 Å². The van der Waals surface area contributed by atoms with Crippen molar-refractivity contribution in [1.29, 1.82) is 5.26 Å². The minimum atomic E-state index is -4.27. The van der Waals surface area contributed by atoms with Crippen LogP contribution in [-0.2, 0) is 19.3 Å². The SMILES string of the molecule is CCN(CC)S(=O)(=O)c1cc(/N=N/c2ccc3nnc4c(C#N)cnn4c3c2)c2c(NS(=O)(=O)Cl)cccc2c1O. The molecule has 0 atom stereocenters. The van der Waals surface area contributed by atoms with Crippen molar-refractivity contribution in [1.82, 2.24) is 24.1 Å². The first kappa shape index (κ1) is 28.1. The maximum absolute atomic E-state index is 13.4. The number of benzene rings is 3. The Morgan fingerprint density at radius 2 is 1.85 bits per heavy atom. The van der Waals surface area contributed by atoms with E-state index in [0.717, 1.165) is 10.4 Å². The summed E-state index contributed by atoms with van der Waals surface area (Å²) in [6, 6.07) is 12.1. The van der Waals surface area contributed by atoms with E-state index in [9.17, 15) is 27.2 Å². The number of phenolic OH excluding ortho intramolecular Hbond substituents is 1. The number of hydrogen-bond donors (Lipinski definition) is 2. The summed E-state index contributed by atoms with van der Waals surface area (Å²) in [5.41, 5.74) is 1.61. The highest BCUT2D eigenvalue weighted by Gasteiger charge is 2.28. The lowest BCUT2D eigenvalue weighted by Gasteiger charge is -2.20. The number of nitriles is 1. The molecular formula is C24H20ClN9O5S2. The van der Waals surface area contributed by atoms with Crippen LogP contribution in [0.25, 0.3) is 27.5 Å². The molecule has 0 radical (unpaired) electrons. The van der Waals surface area contributed by atoms with E-state index < -0.39 is 29.9 Å². The van der Waals surface area contributed by atoms with Crippen LogP contribution in [0.15, 0.2) is 63.8 Å². The van der Waals surface area contributed by atoms with E-state index in [1.807, 2.05) is 6.07 Å². The van der Waals surface area contributed by atoms with Gasteiger partial charge in [-0.25, -0.2) is 12.9 Å². The molecule has 5 aromatic rings. The molecule has 0 saturated heterocycles. The largest absolute Gasteiger partial charge is 0.506 e. The van der Waals surface area contributed by atoms with E-state index in [0.29, 0.717) is 16.7 Å². The second-order valence-corrected chi connectivity index (χ2v) is 12.8. The number of hydrogen-bond acceptors (Lipinski definition) is 11. The molecular weight excluding hydrogens is 594 g/mol. The fourth-order valence-electron chi connectivity index (χ4n) is 4.35. The van der Waals surface area contributed by atoms with Gasteiger partial charge in [0.1, 0.15) is 27.8 Å². The molecule has 2 aromatic heterocycles. The number of sulfonamides is 1. The van der Waals surface area contributed by atoms with Gasteiger partial charge in [0.25, 0.3) is 0 Å². The van der Waals surface area contributed by atoms with Gasteiger partial charge in [-0.05, 0) is 30.3 Å². The van der Waals surface area contributed by atoms with Crippen molar-refractivity contribution < 1.29 is 21.9 Å². The van der Waals surface area contributed by atoms with Gasteiger partial charge in [-0.2, -0.15) is 28.2 Å². The summed E-state index contributed by atoms with van der Waals surface area (Å²) in [4.78, 5) is -0.426. The smallest absolute Gasteiger partial charge is 0.319 e. The number of anilines is 1. The quantitative estimate of drug-likeness (QED) is 0.189. The Balaban J connectivity index is 1.74. The number of nitrogens with one attached hydrogen (secondary N) is 1. The molecule has 2 N–H and O–H groups in total. The van der Waals surface area contributed by atoms with E-state index in [2.05, 4.69) is 30.2 Å². The molecule has 0 aliphatic rings. The van der Waals surface area contributed by atoms with E-state index in [1.165, 1.54) is 28.9 Å². The standard InChI is InChI=1S/C24H20ClN9O5S2/c1-3-33(4-2)40(36,37)21-11-19(22-16(23(21)35)6-5-7-18(22)32-41(25,38)39)30-28-15-8-9-17-20(10-15)34-24(31-29-17)14(12-26)13-27-34/h5-11,13,32,35H,3-4H2,1-2H3/b30-28+. The van der Waals surface area contributed by atoms with Gasteiger partial charge < -0.3 is 5.11 Å². The van der Waals surface area contributed by atoms with Crippen molar-refractivity contribution in [3.63, 3.8) is 0 Å². The highest BCUT2D eigenvalue weighted by Crippen LogP contribution is 2.43. The molecule has 3 aromatic carbocycles. The first-order valence-electron chi connectivity index (χ1n) is 12.0. The van der Waals surface area contributed by atoms with Gasteiger partial charge in [0.15, 0.2) is 5.65 Å². The monoisotopic (exact) mass is 613 g/mol. The van der Waals surface area contributed by atoms with Crippen LogP contribution in [0.1, 0.15) is 19.4 Å². The van der Waals surface area contributed by atoms with Crippen LogP contribution in [0, 0.1) is 11.3 Å². The lowest BCUT2D eigenvalue weighted by atomic mass is 10.1. The Morgan fingerprint density at radius 1 is 1.10 bits per heavy atom. The number of aromatic nitrogens is 4. The summed E-state index contributed by atoms with van der Waals surface area (Å²) in [5, 5.41) is 41.3. The molecule has 17 heteroatoms. The number of nitrogens with zero attached hydrogens (tertiary/aromatic N) is 8. The summed E-state index contributed by atoms with van der Waals surface area (Å²) >= 11 is 0. The lowest BCUT2D eigenvalue weighted by Crippen LogP contribution is -2.30. The van der Waals surface area contributed by atoms with Crippen LogP contribution in [0.4, 0.5) is 17.1 Å². The molecule has 0 spiro atoms. The zero-order chi connectivity index (χ0) is 29.5. The normalized spacial score (nSPS) is 12.6. The molecule has 0 aliphatic heterocycles. The van der Waals surface area contributed by atoms with Crippen LogP contribution >= 0.6 is 10.7 Å². The Kier molecular flexibility index (Phi) is 7.21. The number of rotatable bonds is 8. The predicted octanol–water partition coefficient (Wildman–Crippen LogP) is 4.35. The van der Waals surface area contributed by atoms with Crippen LogP contribution < -0.4 is 4.72 Å². The van der Waals surface area contributed by atoms with Crippen molar-refractivity contribution >= 4 is 74.5 Å². The molecule has 2 heterocycles. The van der Waals surface area contributed by atoms with Gasteiger partial charge in [0.2, 0.25) is 10.0 Å². The lowest BCUT2D eigenvalue weighted by molar-refractivity contribution is 0.431. The number of halogens is 1. The molecule has 14 nitrogen and oxygen atoms in total. The van der Waals surface area contributed by atoms with Gasteiger partial charge in [0.05, 0.1) is 28.8 Å². The van der Waals surface area contributed by atoms with Gasteiger partial charge in [0, 0.05) is 34.5 Å². The summed E-state index contributed by atoms with van der Waals surface area (Å²) in [6.07, 6.45) is 1.36. The Bertz CT molecular complexity index is 2140. The molecule has 0 bridgehead atoms. The molecule has 0 amide bonds. The highest BCUT2D eigenvalue weighted by atomic mass is 35.7. The topological polar surface area (TPSA) is 195 Å². The molecule has 0 unspecified atom stereocenters. The first-order valence-corrected chi connectivity index (χ1v) is 15.7. The highest BCUT2D eigenvalue weighted by molar-refractivity contribution is 8.14. The van der Waals surface area contributed by atoms with Crippen molar-refractivity contribution in [2.45, 2.75) is 18.7 Å². The Morgan fingerprint density at radius 3 is 2.54 bits per heavy atom. The third-order valence-corrected chi connectivity index (χ3v) is 8.97. The molecule has 5 rings (SSSR count). The maximum Gasteiger partial charge on any atom is 0.319 e. The van der Waals surface area contributed by atoms with Gasteiger partial charge >= 0.3 is 9.24 Å². The molecule has 41 heavy (non-hydrogen) atoms. The van der Waals surface area contributed by atoms with Crippen molar-refractivity contribution in [3.8, 4) is 11.8 Å². The van der Waals surface area contributed by atoms with E-state index >= 15 is 0 Å². The maximum atomic E-state index is 13.4. The van der Waals surface area contributed by atoms with E-state index in [-0.39, 0.29) is 46.4 Å². The van der Waals surface area contributed by atoms with E-state index in [4.69, 9.17) is 10.7 Å². The average Bonchev–Trinajstić information content (AvgIpc) is 3.36. The third-order valence-electron chi connectivity index (χ3n) is 6.21. The second kappa shape index (κ2) is 10.5. The second-order valence-electron chi connectivity index (χ2n) is 8.58. The van der Waals surface area contributed by atoms with E-state index in [1.54, 1.807) is 32.0 Å². The minimum absolute atomic E-state index is 0.00793. The summed E-state index contributed by atoms with van der Waals surface area (Å²) in [7, 11) is -3.01. The van der Waals surface area contributed by atoms with Crippen LogP contribution in [0.5, 0.6) is 5.75 Å². The zero-order valence-electron chi connectivity index (χ0n) is 21.4. The van der Waals surface area contributed by atoms with Gasteiger partial charge in [-0.1, -0.05) is 26.0 Å². The zero-order valence-corrected chi connectivity index (χ0v) is 23.8. The molecule has 0 saturated carbocycles. The van der Waals surface area contributed by atoms with Gasteiger partial charge in [-0.15, -0.1) is 15.3 Å².